The molecule has 0 aromatic heterocycles. The lowest BCUT2D eigenvalue weighted by molar-refractivity contribution is 0.660. The molecular weight excluding hydrogens is 795 g/mol. The lowest BCUT2D eigenvalue weighted by atomic mass is 9.67. The van der Waals surface area contributed by atoms with E-state index in [4.69, 9.17) is 0 Å². The normalized spacial score (nSPS) is 15.2. The summed E-state index contributed by atoms with van der Waals surface area (Å²) in [6.07, 6.45) is 0. The molecule has 4 aliphatic carbocycles. The highest BCUT2D eigenvalue weighted by Gasteiger charge is 2.54. The van der Waals surface area contributed by atoms with Crippen molar-refractivity contribution in [2.45, 2.75) is 30.1 Å². The molecule has 0 radical (unpaired) electrons. The average Bonchev–Trinajstić information content (AvgIpc) is 4.04. The van der Waals surface area contributed by atoms with Crippen LogP contribution in [0.5, 0.6) is 0 Å². The first-order valence-electron chi connectivity index (χ1n) is 23.4. The second-order valence-corrected chi connectivity index (χ2v) is 19.0. The van der Waals surface area contributed by atoms with Crippen molar-refractivity contribution in [2.24, 2.45) is 0 Å². The molecule has 0 atom stereocenters. The zero-order valence-corrected chi connectivity index (χ0v) is 37.0. The highest BCUT2D eigenvalue weighted by molar-refractivity contribution is 6.03. The molecule has 0 unspecified atom stereocenters. The molecular formula is C65H45N. The van der Waals surface area contributed by atoms with Gasteiger partial charge in [-0.3, -0.25) is 0 Å². The maximum Gasteiger partial charge on any atom is 0.0746 e. The van der Waals surface area contributed by atoms with Crippen LogP contribution in [0.2, 0.25) is 0 Å². The van der Waals surface area contributed by atoms with Crippen molar-refractivity contribution in [3.8, 4) is 44.5 Å². The summed E-state index contributed by atoms with van der Waals surface area (Å²) in [5, 5.41) is 0. The fourth-order valence-corrected chi connectivity index (χ4v) is 13.2. The lowest BCUT2D eigenvalue weighted by Gasteiger charge is -2.37. The third-order valence-electron chi connectivity index (χ3n) is 15.8. The van der Waals surface area contributed by atoms with E-state index in [1.165, 1.54) is 112 Å². The van der Waals surface area contributed by atoms with E-state index in [-0.39, 0.29) is 5.41 Å². The molecule has 0 heterocycles. The Balaban J connectivity index is 1.13. The average molecular weight is 840 g/mol. The summed E-state index contributed by atoms with van der Waals surface area (Å²) in [6, 6.07) is 89.5. The van der Waals surface area contributed by atoms with E-state index < -0.39 is 10.8 Å². The van der Waals surface area contributed by atoms with Gasteiger partial charge in [0.05, 0.1) is 22.2 Å². The first kappa shape index (κ1) is 37.4. The van der Waals surface area contributed by atoms with Gasteiger partial charge in [0.25, 0.3) is 0 Å². The van der Waals surface area contributed by atoms with Crippen molar-refractivity contribution >= 4 is 17.1 Å². The molecule has 0 saturated heterocycles. The summed E-state index contributed by atoms with van der Waals surface area (Å²) < 4.78 is 0. The van der Waals surface area contributed by atoms with E-state index in [1.807, 2.05) is 0 Å². The van der Waals surface area contributed by atoms with Crippen LogP contribution in [0.25, 0.3) is 44.5 Å². The molecule has 0 aliphatic heterocycles. The van der Waals surface area contributed by atoms with Gasteiger partial charge in [0.15, 0.2) is 0 Å². The summed E-state index contributed by atoms with van der Waals surface area (Å²) in [5.74, 6) is 0. The van der Waals surface area contributed by atoms with Gasteiger partial charge in [-0.25, -0.2) is 0 Å². The summed E-state index contributed by atoms with van der Waals surface area (Å²) in [4.78, 5) is 2.65. The van der Waals surface area contributed by atoms with Gasteiger partial charge in [0, 0.05) is 22.2 Å². The van der Waals surface area contributed by atoms with Gasteiger partial charge in [-0.2, -0.15) is 0 Å². The molecule has 1 spiro atoms. The summed E-state index contributed by atoms with van der Waals surface area (Å²) >= 11 is 0. The zero-order valence-electron chi connectivity index (χ0n) is 37.0. The smallest absolute Gasteiger partial charge is 0.0746 e. The zero-order chi connectivity index (χ0) is 43.8. The predicted octanol–water partition coefficient (Wildman–Crippen LogP) is 16.2. The van der Waals surface area contributed by atoms with Crippen molar-refractivity contribution in [2.75, 3.05) is 4.90 Å². The lowest BCUT2D eigenvalue weighted by Crippen LogP contribution is -2.29. The van der Waals surface area contributed by atoms with Gasteiger partial charge in [-0.1, -0.05) is 226 Å². The van der Waals surface area contributed by atoms with Gasteiger partial charge in [0.2, 0.25) is 0 Å². The molecule has 0 fully saturated rings. The van der Waals surface area contributed by atoms with Crippen LogP contribution in [0, 0.1) is 0 Å². The molecule has 4 aliphatic rings. The van der Waals surface area contributed by atoms with E-state index in [1.54, 1.807) is 0 Å². The van der Waals surface area contributed by atoms with Crippen LogP contribution >= 0.6 is 0 Å². The molecule has 0 saturated carbocycles. The van der Waals surface area contributed by atoms with Crippen LogP contribution in [-0.2, 0) is 16.2 Å². The monoisotopic (exact) mass is 839 g/mol. The van der Waals surface area contributed by atoms with Crippen molar-refractivity contribution < 1.29 is 0 Å². The number of hydrogen-bond donors (Lipinski definition) is 0. The number of nitrogens with zero attached hydrogens (tertiary/aromatic N) is 1. The fourth-order valence-electron chi connectivity index (χ4n) is 13.2. The Morgan fingerprint density at radius 3 is 1.29 bits per heavy atom. The number of anilines is 3. The Bertz CT molecular complexity index is 3530. The van der Waals surface area contributed by atoms with E-state index in [9.17, 15) is 0 Å². The molecule has 0 N–H and O–H groups in total. The minimum atomic E-state index is -0.548. The number of benzene rings is 10. The van der Waals surface area contributed by atoms with Gasteiger partial charge in [-0.05, 0) is 113 Å². The Morgan fingerprint density at radius 2 is 0.697 bits per heavy atom. The summed E-state index contributed by atoms with van der Waals surface area (Å²) in [5.41, 5.74) is 25.8. The Kier molecular flexibility index (Phi) is 7.66. The molecule has 14 rings (SSSR count). The third kappa shape index (κ3) is 4.60. The topological polar surface area (TPSA) is 3.24 Å². The van der Waals surface area contributed by atoms with Crippen molar-refractivity contribution in [3.63, 3.8) is 0 Å². The van der Waals surface area contributed by atoms with Crippen molar-refractivity contribution in [1.29, 1.82) is 0 Å². The van der Waals surface area contributed by atoms with E-state index in [0.29, 0.717) is 0 Å². The van der Waals surface area contributed by atoms with E-state index >= 15 is 0 Å². The van der Waals surface area contributed by atoms with E-state index in [2.05, 4.69) is 255 Å². The first-order chi connectivity index (χ1) is 32.5. The molecule has 0 amide bonds. The summed E-state index contributed by atoms with van der Waals surface area (Å²) in [6.45, 7) is 4.79. The number of rotatable bonds is 5. The first-order valence-corrected chi connectivity index (χ1v) is 23.4. The molecule has 310 valence electrons. The van der Waals surface area contributed by atoms with Gasteiger partial charge in [-0.15, -0.1) is 0 Å². The largest absolute Gasteiger partial charge is 0.309 e. The Labute approximate surface area is 387 Å². The minimum Gasteiger partial charge on any atom is -0.309 e. The van der Waals surface area contributed by atoms with Crippen LogP contribution in [0.3, 0.4) is 0 Å². The van der Waals surface area contributed by atoms with Crippen LogP contribution in [0.1, 0.15) is 69.5 Å². The standard InChI is InChI=1S/C65H45N/c1-63(2)52-31-14-9-25-45(52)49-40-39-44(41-58(49)63)66(59-37-20-36-57-61(59)51-29-13-18-35-56(51)64(57,42-21-5-3-6-22-42)43-23-7-4-8-24-43)60-38-19-30-50-48-28-12-17-34-55(48)65(62(50)60)53-32-15-10-26-46(53)47-27-11-16-33-54(47)65/h3-41H,1-2H3. The highest BCUT2D eigenvalue weighted by Crippen LogP contribution is 2.67. The Morgan fingerprint density at radius 1 is 0.288 bits per heavy atom. The number of hydrogen-bond acceptors (Lipinski definition) is 1. The van der Waals surface area contributed by atoms with Crippen molar-refractivity contribution in [1.82, 2.24) is 0 Å². The second kappa shape index (κ2) is 13.5. The maximum absolute atomic E-state index is 2.65. The van der Waals surface area contributed by atoms with Gasteiger partial charge >= 0.3 is 0 Å². The molecule has 66 heavy (non-hydrogen) atoms. The van der Waals surface area contributed by atoms with Gasteiger partial charge in [0.1, 0.15) is 0 Å². The molecule has 0 bridgehead atoms. The molecule has 1 nitrogen and oxygen atoms in total. The highest BCUT2D eigenvalue weighted by atomic mass is 15.2. The van der Waals surface area contributed by atoms with Crippen LogP contribution < -0.4 is 4.90 Å². The SMILES string of the molecule is CC1(C)c2ccccc2-c2ccc(N(c3cccc4c3-c3ccccc3C4(c3ccccc3)c3ccccc3)c3cccc4c3C3(c5ccccc5-c5ccccc53)c3ccccc3-4)cc21. The molecule has 10 aromatic rings. The van der Waals surface area contributed by atoms with Crippen LogP contribution in [0.15, 0.2) is 237 Å². The van der Waals surface area contributed by atoms with Gasteiger partial charge < -0.3 is 4.90 Å². The maximum atomic E-state index is 2.65. The van der Waals surface area contributed by atoms with E-state index in [0.717, 1.165) is 5.69 Å². The quantitative estimate of drug-likeness (QED) is 0.167. The van der Waals surface area contributed by atoms with Crippen LogP contribution in [-0.4, -0.2) is 0 Å². The Hall–Kier alpha value is -8.00. The third-order valence-corrected chi connectivity index (χ3v) is 15.8. The minimum absolute atomic E-state index is 0.186. The predicted molar refractivity (Wildman–Crippen MR) is 272 cm³/mol. The summed E-state index contributed by atoms with van der Waals surface area (Å²) in [7, 11) is 0. The second-order valence-electron chi connectivity index (χ2n) is 19.0. The number of fused-ring (bicyclic) bond motifs is 16. The van der Waals surface area contributed by atoms with Crippen molar-refractivity contribution in [3.05, 3.63) is 292 Å². The van der Waals surface area contributed by atoms with Crippen LogP contribution in [0.4, 0.5) is 17.1 Å². The molecule has 10 aromatic carbocycles. The molecule has 1 heteroatoms. The fraction of sp³-hybridized carbons (Fsp3) is 0.0769.